The van der Waals surface area contributed by atoms with Gasteiger partial charge in [0.25, 0.3) is 0 Å². The second-order valence-corrected chi connectivity index (χ2v) is 5.96. The minimum absolute atomic E-state index is 0.467. The van der Waals surface area contributed by atoms with Gasteiger partial charge in [0, 0.05) is 5.54 Å². The van der Waals surface area contributed by atoms with Gasteiger partial charge in [0.05, 0.1) is 0 Å². The minimum atomic E-state index is 0.467. The van der Waals surface area contributed by atoms with Gasteiger partial charge in [-0.3, -0.25) is 0 Å². The molecule has 2 unspecified atom stereocenters. The summed E-state index contributed by atoms with van der Waals surface area (Å²) in [5.74, 6) is 1.72. The van der Waals surface area contributed by atoms with Crippen molar-refractivity contribution in [1.82, 2.24) is 5.32 Å². The molecule has 0 spiro atoms. The summed E-state index contributed by atoms with van der Waals surface area (Å²) in [5.41, 5.74) is 0.467. The van der Waals surface area contributed by atoms with E-state index in [9.17, 15) is 0 Å². The molecule has 16 heavy (non-hydrogen) atoms. The highest BCUT2D eigenvalue weighted by Crippen LogP contribution is 2.36. The average Bonchev–Trinajstić information content (AvgIpc) is 2.74. The van der Waals surface area contributed by atoms with Crippen LogP contribution in [0.5, 0.6) is 0 Å². The molecule has 1 heteroatoms. The largest absolute Gasteiger partial charge is 0.311 e. The molecule has 0 saturated carbocycles. The van der Waals surface area contributed by atoms with Crippen molar-refractivity contribution < 1.29 is 0 Å². The highest BCUT2D eigenvalue weighted by Gasteiger charge is 2.37. The van der Waals surface area contributed by atoms with E-state index >= 15 is 0 Å². The number of rotatable bonds is 7. The van der Waals surface area contributed by atoms with Gasteiger partial charge in [-0.15, -0.1) is 0 Å². The smallest absolute Gasteiger partial charge is 0.0207 e. The number of unbranched alkanes of at least 4 members (excludes halogenated alkanes) is 1. The third kappa shape index (κ3) is 3.48. The minimum Gasteiger partial charge on any atom is -0.311 e. The van der Waals surface area contributed by atoms with Gasteiger partial charge in [-0.1, -0.05) is 53.4 Å². The maximum atomic E-state index is 3.81. The Hall–Kier alpha value is -0.0400. The van der Waals surface area contributed by atoms with Gasteiger partial charge in [-0.25, -0.2) is 0 Å². The van der Waals surface area contributed by atoms with Crippen molar-refractivity contribution in [3.63, 3.8) is 0 Å². The standard InChI is InChI=1S/C15H31N/c1-5-7-9-14(6-2)12-15(13(3)4)10-8-11-16-15/h13-14,16H,5-12H2,1-4H3. The van der Waals surface area contributed by atoms with Crippen LogP contribution in [-0.2, 0) is 0 Å². The molecule has 1 rings (SSSR count). The molecule has 1 nitrogen and oxygen atoms in total. The molecule has 1 N–H and O–H groups in total. The van der Waals surface area contributed by atoms with Gasteiger partial charge in [-0.2, -0.15) is 0 Å². The molecule has 0 radical (unpaired) electrons. The van der Waals surface area contributed by atoms with Gasteiger partial charge in [0.2, 0.25) is 0 Å². The Labute approximate surface area is 102 Å². The molecule has 2 atom stereocenters. The maximum absolute atomic E-state index is 3.81. The van der Waals surface area contributed by atoms with Crippen molar-refractivity contribution in [2.75, 3.05) is 6.54 Å². The Morgan fingerprint density at radius 1 is 1.25 bits per heavy atom. The molecule has 1 saturated heterocycles. The molecule has 0 aromatic carbocycles. The van der Waals surface area contributed by atoms with Crippen LogP contribution < -0.4 is 5.32 Å². The molecule has 0 aromatic heterocycles. The summed E-state index contributed by atoms with van der Waals surface area (Å²) in [5, 5.41) is 3.81. The summed E-state index contributed by atoms with van der Waals surface area (Å²) in [7, 11) is 0. The fourth-order valence-electron chi connectivity index (χ4n) is 3.19. The van der Waals surface area contributed by atoms with Crippen molar-refractivity contribution in [3.05, 3.63) is 0 Å². The van der Waals surface area contributed by atoms with Crippen molar-refractivity contribution in [2.24, 2.45) is 11.8 Å². The molecule has 1 heterocycles. The fourth-order valence-corrected chi connectivity index (χ4v) is 3.19. The van der Waals surface area contributed by atoms with Gasteiger partial charge in [-0.05, 0) is 37.6 Å². The summed E-state index contributed by atoms with van der Waals surface area (Å²) in [6.45, 7) is 10.7. The topological polar surface area (TPSA) is 12.0 Å². The van der Waals surface area contributed by atoms with Crippen LogP contribution in [-0.4, -0.2) is 12.1 Å². The van der Waals surface area contributed by atoms with Crippen LogP contribution >= 0.6 is 0 Å². The van der Waals surface area contributed by atoms with E-state index in [1.165, 1.54) is 51.5 Å². The third-order valence-electron chi connectivity index (χ3n) is 4.58. The van der Waals surface area contributed by atoms with E-state index in [0.717, 1.165) is 11.8 Å². The van der Waals surface area contributed by atoms with E-state index in [4.69, 9.17) is 0 Å². The summed E-state index contributed by atoms with van der Waals surface area (Å²) < 4.78 is 0. The van der Waals surface area contributed by atoms with Crippen LogP contribution in [0.15, 0.2) is 0 Å². The highest BCUT2D eigenvalue weighted by atomic mass is 15.0. The van der Waals surface area contributed by atoms with Gasteiger partial charge >= 0.3 is 0 Å². The second kappa shape index (κ2) is 6.64. The monoisotopic (exact) mass is 225 g/mol. The van der Waals surface area contributed by atoms with Crippen LogP contribution in [0.1, 0.15) is 72.6 Å². The molecule has 0 aromatic rings. The molecule has 0 aliphatic carbocycles. The Balaban J connectivity index is 2.52. The Kier molecular flexibility index (Phi) is 5.82. The molecule has 0 amide bonds. The SMILES string of the molecule is CCCCC(CC)CC1(C(C)C)CCCN1. The Bertz CT molecular complexity index is 180. The molecular weight excluding hydrogens is 194 g/mol. The van der Waals surface area contributed by atoms with Crippen molar-refractivity contribution >= 4 is 0 Å². The van der Waals surface area contributed by atoms with Crippen molar-refractivity contribution in [2.45, 2.75) is 78.2 Å². The predicted octanol–water partition coefficient (Wildman–Crippen LogP) is 4.37. The van der Waals surface area contributed by atoms with Crippen LogP contribution in [0.25, 0.3) is 0 Å². The maximum Gasteiger partial charge on any atom is 0.0207 e. The van der Waals surface area contributed by atoms with E-state index < -0.39 is 0 Å². The fraction of sp³-hybridized carbons (Fsp3) is 1.00. The lowest BCUT2D eigenvalue weighted by molar-refractivity contribution is 0.201. The quantitative estimate of drug-likeness (QED) is 0.678. The predicted molar refractivity (Wildman–Crippen MR) is 72.7 cm³/mol. The normalized spacial score (nSPS) is 27.6. The van der Waals surface area contributed by atoms with E-state index in [2.05, 4.69) is 33.0 Å². The number of hydrogen-bond acceptors (Lipinski definition) is 1. The first-order chi connectivity index (χ1) is 7.64. The number of hydrogen-bond donors (Lipinski definition) is 1. The summed E-state index contributed by atoms with van der Waals surface area (Å²) in [4.78, 5) is 0. The first kappa shape index (κ1) is 14.0. The van der Waals surface area contributed by atoms with Crippen molar-refractivity contribution in [1.29, 1.82) is 0 Å². The van der Waals surface area contributed by atoms with E-state index in [0.29, 0.717) is 5.54 Å². The molecule has 0 bridgehead atoms. The third-order valence-corrected chi connectivity index (χ3v) is 4.58. The Morgan fingerprint density at radius 3 is 2.44 bits per heavy atom. The van der Waals surface area contributed by atoms with Crippen LogP contribution in [0.3, 0.4) is 0 Å². The van der Waals surface area contributed by atoms with E-state index in [1.54, 1.807) is 0 Å². The zero-order valence-electron chi connectivity index (χ0n) is 11.8. The molecular formula is C15H31N. The van der Waals surface area contributed by atoms with Crippen LogP contribution in [0.2, 0.25) is 0 Å². The molecule has 1 aliphatic heterocycles. The number of nitrogens with one attached hydrogen (secondary N) is 1. The zero-order chi connectivity index (χ0) is 12.0. The lowest BCUT2D eigenvalue weighted by Gasteiger charge is -2.37. The lowest BCUT2D eigenvalue weighted by Crippen LogP contribution is -2.46. The first-order valence-corrected chi connectivity index (χ1v) is 7.39. The van der Waals surface area contributed by atoms with Crippen LogP contribution in [0, 0.1) is 11.8 Å². The lowest BCUT2D eigenvalue weighted by atomic mass is 9.76. The first-order valence-electron chi connectivity index (χ1n) is 7.39. The Morgan fingerprint density at radius 2 is 2.00 bits per heavy atom. The highest BCUT2D eigenvalue weighted by molar-refractivity contribution is 4.96. The zero-order valence-corrected chi connectivity index (χ0v) is 11.8. The summed E-state index contributed by atoms with van der Waals surface area (Å²) in [6.07, 6.45) is 9.72. The molecule has 96 valence electrons. The van der Waals surface area contributed by atoms with Gasteiger partial charge in [0.1, 0.15) is 0 Å². The molecule has 1 aliphatic rings. The van der Waals surface area contributed by atoms with Crippen LogP contribution in [0.4, 0.5) is 0 Å². The van der Waals surface area contributed by atoms with E-state index in [1.807, 2.05) is 0 Å². The van der Waals surface area contributed by atoms with Crippen molar-refractivity contribution in [3.8, 4) is 0 Å². The summed E-state index contributed by atoms with van der Waals surface area (Å²) in [6, 6.07) is 0. The van der Waals surface area contributed by atoms with E-state index in [-0.39, 0.29) is 0 Å². The molecule has 1 fully saturated rings. The van der Waals surface area contributed by atoms with Gasteiger partial charge < -0.3 is 5.32 Å². The second-order valence-electron chi connectivity index (χ2n) is 5.96. The summed E-state index contributed by atoms with van der Waals surface area (Å²) >= 11 is 0. The average molecular weight is 225 g/mol. The van der Waals surface area contributed by atoms with Gasteiger partial charge in [0.15, 0.2) is 0 Å².